The van der Waals surface area contributed by atoms with E-state index >= 15 is 0 Å². The van der Waals surface area contributed by atoms with Gasteiger partial charge in [0.25, 0.3) is 5.91 Å². The molecule has 5 nitrogen and oxygen atoms in total. The van der Waals surface area contributed by atoms with E-state index in [0.717, 1.165) is 0 Å². The Kier molecular flexibility index (Phi) is 4.16. The summed E-state index contributed by atoms with van der Waals surface area (Å²) in [5.41, 5.74) is 0.412. The average Bonchev–Trinajstić information content (AvgIpc) is 2.37. The molecule has 0 unspecified atom stereocenters. The van der Waals surface area contributed by atoms with E-state index in [1.807, 2.05) is 20.8 Å². The second-order valence-corrected chi connectivity index (χ2v) is 5.63. The van der Waals surface area contributed by atoms with Gasteiger partial charge in [0, 0.05) is 17.3 Å². The van der Waals surface area contributed by atoms with Crippen LogP contribution in [0.2, 0.25) is 0 Å². The van der Waals surface area contributed by atoms with Crippen LogP contribution in [-0.4, -0.2) is 21.4 Å². The fourth-order valence-electron chi connectivity index (χ4n) is 1.70. The highest BCUT2D eigenvalue weighted by Gasteiger charge is 2.13. The predicted octanol–water partition coefficient (Wildman–Crippen LogP) is 3.08. The summed E-state index contributed by atoms with van der Waals surface area (Å²) in [5, 5.41) is 5.75. The van der Waals surface area contributed by atoms with Crippen molar-refractivity contribution >= 4 is 17.4 Å². The number of nitrogens with one attached hydrogen (secondary N) is 2. The maximum absolute atomic E-state index is 13.1. The van der Waals surface area contributed by atoms with Crippen molar-refractivity contribution in [2.24, 2.45) is 0 Å². The molecule has 21 heavy (non-hydrogen) atoms. The number of rotatable bonds is 3. The largest absolute Gasteiger partial charge is 0.365 e. The van der Waals surface area contributed by atoms with E-state index in [4.69, 9.17) is 0 Å². The van der Waals surface area contributed by atoms with Crippen LogP contribution in [0.4, 0.5) is 15.9 Å². The Balaban J connectivity index is 2.14. The highest BCUT2D eigenvalue weighted by atomic mass is 19.1. The van der Waals surface area contributed by atoms with E-state index in [2.05, 4.69) is 20.6 Å². The van der Waals surface area contributed by atoms with Crippen molar-refractivity contribution in [1.29, 1.82) is 0 Å². The van der Waals surface area contributed by atoms with Crippen molar-refractivity contribution in [3.63, 3.8) is 0 Å². The highest BCUT2D eigenvalue weighted by molar-refractivity contribution is 6.03. The molecule has 1 heterocycles. The van der Waals surface area contributed by atoms with Gasteiger partial charge in [-0.05, 0) is 39.0 Å². The zero-order valence-corrected chi connectivity index (χ0v) is 12.1. The van der Waals surface area contributed by atoms with Crippen molar-refractivity contribution in [1.82, 2.24) is 9.97 Å². The second-order valence-electron chi connectivity index (χ2n) is 5.63. The monoisotopic (exact) mass is 288 g/mol. The summed E-state index contributed by atoms with van der Waals surface area (Å²) in [5.74, 6) is -0.271. The van der Waals surface area contributed by atoms with Crippen LogP contribution in [-0.2, 0) is 0 Å². The van der Waals surface area contributed by atoms with Crippen molar-refractivity contribution in [3.8, 4) is 0 Å². The van der Waals surface area contributed by atoms with E-state index in [1.54, 1.807) is 12.1 Å². The number of carbonyl (C=O) groups is 1. The minimum atomic E-state index is -0.417. The Morgan fingerprint density at radius 2 is 1.95 bits per heavy atom. The Morgan fingerprint density at radius 1 is 1.19 bits per heavy atom. The number of carbonyl (C=O) groups excluding carboxylic acids is 1. The van der Waals surface area contributed by atoms with Gasteiger partial charge in [-0.2, -0.15) is 0 Å². The van der Waals surface area contributed by atoms with Crippen LogP contribution in [0.1, 0.15) is 31.3 Å². The standard InChI is InChI=1S/C15H17FN4O/c1-15(2,3)20-13-8-12(17-9-18-13)14(21)19-11-6-4-5-10(16)7-11/h4-9H,1-3H3,(H,19,21)(H,17,18,20). The maximum atomic E-state index is 13.1. The highest BCUT2D eigenvalue weighted by Crippen LogP contribution is 2.14. The average molecular weight is 288 g/mol. The van der Waals surface area contributed by atoms with Gasteiger partial charge >= 0.3 is 0 Å². The van der Waals surface area contributed by atoms with Crippen LogP contribution < -0.4 is 10.6 Å². The van der Waals surface area contributed by atoms with Crippen molar-refractivity contribution in [3.05, 3.63) is 48.2 Å². The Morgan fingerprint density at radius 3 is 2.62 bits per heavy atom. The molecule has 1 aromatic heterocycles. The summed E-state index contributed by atoms with van der Waals surface area (Å²) < 4.78 is 13.1. The van der Waals surface area contributed by atoms with Crippen LogP contribution in [0.3, 0.4) is 0 Å². The van der Waals surface area contributed by atoms with E-state index in [0.29, 0.717) is 11.5 Å². The molecule has 110 valence electrons. The summed E-state index contributed by atoms with van der Waals surface area (Å²) in [6, 6.07) is 7.24. The van der Waals surface area contributed by atoms with Gasteiger partial charge < -0.3 is 10.6 Å². The van der Waals surface area contributed by atoms with E-state index < -0.39 is 11.7 Å². The van der Waals surface area contributed by atoms with Crippen LogP contribution in [0, 0.1) is 5.82 Å². The van der Waals surface area contributed by atoms with Crippen LogP contribution in [0.25, 0.3) is 0 Å². The number of aromatic nitrogens is 2. The first-order valence-corrected chi connectivity index (χ1v) is 6.51. The molecule has 0 spiro atoms. The predicted molar refractivity (Wildman–Crippen MR) is 79.8 cm³/mol. The summed E-state index contributed by atoms with van der Waals surface area (Å²) in [6.07, 6.45) is 1.31. The van der Waals surface area contributed by atoms with Crippen LogP contribution in [0.5, 0.6) is 0 Å². The third kappa shape index (κ3) is 4.52. The third-order valence-electron chi connectivity index (χ3n) is 2.49. The summed E-state index contributed by atoms with van der Waals surface area (Å²) in [6.45, 7) is 5.96. The first kappa shape index (κ1) is 14.9. The number of halogens is 1. The SMILES string of the molecule is CC(C)(C)Nc1cc(C(=O)Nc2cccc(F)c2)ncn1. The van der Waals surface area contributed by atoms with Crippen LogP contribution >= 0.6 is 0 Å². The Hall–Kier alpha value is -2.50. The summed E-state index contributed by atoms with van der Waals surface area (Å²) >= 11 is 0. The van der Waals surface area contributed by atoms with Crippen molar-refractivity contribution in [2.45, 2.75) is 26.3 Å². The van der Waals surface area contributed by atoms with Gasteiger partial charge in [-0.3, -0.25) is 4.79 Å². The number of benzene rings is 1. The van der Waals surface area contributed by atoms with Gasteiger partial charge in [-0.1, -0.05) is 6.07 Å². The summed E-state index contributed by atoms with van der Waals surface area (Å²) in [7, 11) is 0. The maximum Gasteiger partial charge on any atom is 0.274 e. The lowest BCUT2D eigenvalue weighted by molar-refractivity contribution is 0.102. The lowest BCUT2D eigenvalue weighted by Gasteiger charge is -2.21. The molecule has 2 aromatic rings. The third-order valence-corrected chi connectivity index (χ3v) is 2.49. The molecule has 0 fully saturated rings. The van der Waals surface area contributed by atoms with E-state index in [-0.39, 0.29) is 11.2 Å². The molecule has 2 N–H and O–H groups in total. The van der Waals surface area contributed by atoms with Crippen LogP contribution in [0.15, 0.2) is 36.7 Å². The number of nitrogens with zero attached hydrogens (tertiary/aromatic N) is 2. The zero-order valence-electron chi connectivity index (χ0n) is 12.1. The van der Waals surface area contributed by atoms with E-state index in [1.165, 1.54) is 24.5 Å². The van der Waals surface area contributed by atoms with Gasteiger partial charge in [0.15, 0.2) is 0 Å². The Labute approximate surface area is 122 Å². The lowest BCUT2D eigenvalue weighted by atomic mass is 10.1. The number of hydrogen-bond acceptors (Lipinski definition) is 4. The molecule has 0 saturated heterocycles. The van der Waals surface area contributed by atoms with Crippen molar-refractivity contribution in [2.75, 3.05) is 10.6 Å². The Bertz CT molecular complexity index is 652. The normalized spacial score (nSPS) is 11.0. The molecule has 0 aliphatic heterocycles. The van der Waals surface area contributed by atoms with Gasteiger partial charge in [0.05, 0.1) is 0 Å². The van der Waals surface area contributed by atoms with Gasteiger partial charge in [0.1, 0.15) is 23.7 Å². The molecule has 0 aliphatic rings. The molecule has 0 saturated carbocycles. The smallest absolute Gasteiger partial charge is 0.274 e. The fraction of sp³-hybridized carbons (Fsp3) is 0.267. The fourth-order valence-corrected chi connectivity index (χ4v) is 1.70. The van der Waals surface area contributed by atoms with E-state index in [9.17, 15) is 9.18 Å². The first-order chi connectivity index (χ1) is 9.83. The minimum Gasteiger partial charge on any atom is -0.365 e. The summed E-state index contributed by atoms with van der Waals surface area (Å²) in [4.78, 5) is 20.1. The van der Waals surface area contributed by atoms with Gasteiger partial charge in [-0.15, -0.1) is 0 Å². The molecular formula is C15H17FN4O. The molecule has 0 aliphatic carbocycles. The quantitative estimate of drug-likeness (QED) is 0.911. The minimum absolute atomic E-state index is 0.176. The first-order valence-electron chi connectivity index (χ1n) is 6.51. The molecule has 0 atom stereocenters. The molecule has 0 radical (unpaired) electrons. The number of amides is 1. The topological polar surface area (TPSA) is 66.9 Å². The lowest BCUT2D eigenvalue weighted by Crippen LogP contribution is -2.27. The molecule has 1 amide bonds. The molecule has 2 rings (SSSR count). The zero-order chi connectivity index (χ0) is 15.5. The second kappa shape index (κ2) is 5.87. The molecule has 0 bridgehead atoms. The molecular weight excluding hydrogens is 271 g/mol. The van der Waals surface area contributed by atoms with Gasteiger partial charge in [-0.25, -0.2) is 14.4 Å². The number of anilines is 2. The number of hydrogen-bond donors (Lipinski definition) is 2. The van der Waals surface area contributed by atoms with Crippen molar-refractivity contribution < 1.29 is 9.18 Å². The molecule has 6 heteroatoms. The molecule has 1 aromatic carbocycles. The van der Waals surface area contributed by atoms with Gasteiger partial charge in [0.2, 0.25) is 0 Å².